The number of hydrogen-bond donors (Lipinski definition) is 1. The molecule has 1 rings (SSSR count). The fourth-order valence-electron chi connectivity index (χ4n) is 1.40. The van der Waals surface area contributed by atoms with Crippen molar-refractivity contribution in [2.24, 2.45) is 0 Å². The largest absolute Gasteiger partial charge is 0.395 e. The molecular weight excluding hydrogens is 179 g/mol. The molecule has 0 atom stereocenters. The zero-order chi connectivity index (χ0) is 10.8. The molecule has 0 bridgehead atoms. The number of aryl methyl sites for hydroxylation is 1. The topological polar surface area (TPSA) is 20.2 Å². The Morgan fingerprint density at radius 3 is 2.50 bits per heavy atom. The first-order valence-corrected chi connectivity index (χ1v) is 4.91. The summed E-state index contributed by atoms with van der Waals surface area (Å²) < 4.78 is 13.5. The van der Waals surface area contributed by atoms with Crippen molar-refractivity contribution in [1.29, 1.82) is 0 Å². The molecule has 1 N–H and O–H groups in total. The number of halogens is 1. The summed E-state index contributed by atoms with van der Waals surface area (Å²) in [6, 6.07) is 5.10. The highest BCUT2D eigenvalue weighted by atomic mass is 19.1. The van der Waals surface area contributed by atoms with Gasteiger partial charge in [-0.1, -0.05) is 32.9 Å². The van der Waals surface area contributed by atoms with Crippen LogP contribution in [0.1, 0.15) is 31.9 Å². The molecule has 0 fully saturated rings. The van der Waals surface area contributed by atoms with Crippen molar-refractivity contribution in [2.45, 2.75) is 32.6 Å². The van der Waals surface area contributed by atoms with Gasteiger partial charge in [0.2, 0.25) is 0 Å². The fourth-order valence-corrected chi connectivity index (χ4v) is 1.40. The molecule has 0 aromatic heterocycles. The predicted octanol–water partition coefficient (Wildman–Crippen LogP) is 2.66. The van der Waals surface area contributed by atoms with E-state index in [0.29, 0.717) is 5.56 Å². The van der Waals surface area contributed by atoms with Crippen molar-refractivity contribution in [3.63, 3.8) is 0 Å². The van der Waals surface area contributed by atoms with Crippen LogP contribution in [0.3, 0.4) is 0 Å². The fraction of sp³-hybridized carbons (Fsp3) is 0.500. The van der Waals surface area contributed by atoms with Crippen molar-refractivity contribution < 1.29 is 9.50 Å². The van der Waals surface area contributed by atoms with Gasteiger partial charge in [-0.3, -0.25) is 0 Å². The molecule has 0 spiro atoms. The zero-order valence-electron chi connectivity index (χ0n) is 8.97. The van der Waals surface area contributed by atoms with Gasteiger partial charge in [0, 0.05) is 5.41 Å². The van der Waals surface area contributed by atoms with Crippen LogP contribution in [0.2, 0.25) is 0 Å². The summed E-state index contributed by atoms with van der Waals surface area (Å²) in [6.07, 6.45) is 0.884. The molecule has 14 heavy (non-hydrogen) atoms. The Balaban J connectivity index is 3.18. The van der Waals surface area contributed by atoms with Gasteiger partial charge in [0.1, 0.15) is 5.82 Å². The Morgan fingerprint density at radius 2 is 2.00 bits per heavy atom. The molecule has 1 aromatic carbocycles. The highest BCUT2D eigenvalue weighted by Crippen LogP contribution is 2.26. The summed E-state index contributed by atoms with van der Waals surface area (Å²) in [5.41, 5.74) is 1.19. The van der Waals surface area contributed by atoms with Crippen LogP contribution in [0, 0.1) is 5.82 Å². The molecule has 0 radical (unpaired) electrons. The van der Waals surface area contributed by atoms with Crippen molar-refractivity contribution in [2.75, 3.05) is 6.61 Å². The smallest absolute Gasteiger partial charge is 0.127 e. The molecule has 1 aromatic rings. The lowest BCUT2D eigenvalue weighted by atomic mass is 9.84. The molecule has 0 aliphatic heterocycles. The van der Waals surface area contributed by atoms with E-state index >= 15 is 0 Å². The van der Waals surface area contributed by atoms with E-state index in [1.807, 2.05) is 26.8 Å². The van der Waals surface area contributed by atoms with Crippen LogP contribution in [-0.2, 0) is 11.8 Å². The van der Waals surface area contributed by atoms with E-state index in [0.717, 1.165) is 12.0 Å². The third kappa shape index (κ3) is 2.13. The van der Waals surface area contributed by atoms with Gasteiger partial charge in [0.05, 0.1) is 6.61 Å². The lowest BCUT2D eigenvalue weighted by Gasteiger charge is -2.23. The third-order valence-corrected chi connectivity index (χ3v) is 2.56. The molecule has 0 saturated heterocycles. The number of rotatable bonds is 3. The number of hydrogen-bond acceptors (Lipinski definition) is 1. The Labute approximate surface area is 84.6 Å². The van der Waals surface area contributed by atoms with Crippen molar-refractivity contribution >= 4 is 0 Å². The molecule has 0 aliphatic rings. The van der Waals surface area contributed by atoms with Gasteiger partial charge in [-0.15, -0.1) is 0 Å². The van der Waals surface area contributed by atoms with Crippen molar-refractivity contribution in [3.8, 4) is 0 Å². The third-order valence-electron chi connectivity index (χ3n) is 2.56. The van der Waals surface area contributed by atoms with Gasteiger partial charge in [-0.25, -0.2) is 4.39 Å². The maximum atomic E-state index is 13.5. The first kappa shape index (κ1) is 11.2. The minimum atomic E-state index is -0.505. The Hall–Kier alpha value is -0.890. The first-order chi connectivity index (χ1) is 6.51. The first-order valence-electron chi connectivity index (χ1n) is 4.91. The Morgan fingerprint density at radius 1 is 1.36 bits per heavy atom. The summed E-state index contributed by atoms with van der Waals surface area (Å²) in [5, 5.41) is 9.17. The predicted molar refractivity (Wildman–Crippen MR) is 55.9 cm³/mol. The van der Waals surface area contributed by atoms with Crippen molar-refractivity contribution in [1.82, 2.24) is 0 Å². The van der Waals surface area contributed by atoms with E-state index in [4.69, 9.17) is 5.11 Å². The monoisotopic (exact) mass is 196 g/mol. The van der Waals surface area contributed by atoms with Gasteiger partial charge in [0.25, 0.3) is 0 Å². The molecule has 1 nitrogen and oxygen atoms in total. The van der Waals surface area contributed by atoms with E-state index in [2.05, 4.69) is 0 Å². The second-order valence-electron chi connectivity index (χ2n) is 4.21. The molecule has 0 aliphatic carbocycles. The van der Waals surface area contributed by atoms with Crippen LogP contribution in [0.5, 0.6) is 0 Å². The van der Waals surface area contributed by atoms with E-state index in [-0.39, 0.29) is 12.4 Å². The second kappa shape index (κ2) is 4.09. The van der Waals surface area contributed by atoms with E-state index in [1.165, 1.54) is 6.07 Å². The minimum absolute atomic E-state index is 0.0446. The quantitative estimate of drug-likeness (QED) is 0.788. The summed E-state index contributed by atoms with van der Waals surface area (Å²) in [6.45, 7) is 5.66. The highest BCUT2D eigenvalue weighted by Gasteiger charge is 2.23. The van der Waals surface area contributed by atoms with Crippen LogP contribution in [-0.4, -0.2) is 11.7 Å². The van der Waals surface area contributed by atoms with Crippen LogP contribution in [0.4, 0.5) is 4.39 Å². The van der Waals surface area contributed by atoms with Gasteiger partial charge in [-0.2, -0.15) is 0 Å². The van der Waals surface area contributed by atoms with Crippen molar-refractivity contribution in [3.05, 3.63) is 35.1 Å². The average molecular weight is 196 g/mol. The maximum absolute atomic E-state index is 13.5. The maximum Gasteiger partial charge on any atom is 0.127 e. The number of aliphatic hydroxyl groups excluding tert-OH is 1. The second-order valence-corrected chi connectivity index (χ2v) is 4.21. The summed E-state index contributed by atoms with van der Waals surface area (Å²) in [5.74, 6) is -0.235. The summed E-state index contributed by atoms with van der Waals surface area (Å²) in [7, 11) is 0. The Bertz CT molecular complexity index is 318. The van der Waals surface area contributed by atoms with Crippen LogP contribution in [0.25, 0.3) is 0 Å². The zero-order valence-corrected chi connectivity index (χ0v) is 8.97. The SMILES string of the molecule is CCc1ccc(F)c(C(C)(C)CO)c1. The van der Waals surface area contributed by atoms with E-state index in [9.17, 15) is 4.39 Å². The molecule has 0 heterocycles. The average Bonchev–Trinajstić information content (AvgIpc) is 2.18. The van der Waals surface area contributed by atoms with E-state index in [1.54, 1.807) is 6.07 Å². The highest BCUT2D eigenvalue weighted by molar-refractivity contribution is 5.30. The Kier molecular flexibility index (Phi) is 3.27. The molecular formula is C12H17FO. The van der Waals surface area contributed by atoms with Gasteiger partial charge < -0.3 is 5.11 Å². The molecule has 0 amide bonds. The number of aliphatic hydroxyl groups is 1. The standard InChI is InChI=1S/C12H17FO/c1-4-9-5-6-11(13)10(7-9)12(2,3)8-14/h5-7,14H,4,8H2,1-3H3. The van der Waals surface area contributed by atoms with Crippen LogP contribution >= 0.6 is 0 Å². The minimum Gasteiger partial charge on any atom is -0.395 e. The van der Waals surface area contributed by atoms with Gasteiger partial charge in [0.15, 0.2) is 0 Å². The summed E-state index contributed by atoms with van der Waals surface area (Å²) in [4.78, 5) is 0. The summed E-state index contributed by atoms with van der Waals surface area (Å²) >= 11 is 0. The molecule has 0 saturated carbocycles. The molecule has 0 unspecified atom stereocenters. The van der Waals surface area contributed by atoms with Gasteiger partial charge >= 0.3 is 0 Å². The van der Waals surface area contributed by atoms with Crippen LogP contribution in [0.15, 0.2) is 18.2 Å². The molecule has 78 valence electrons. The van der Waals surface area contributed by atoms with Gasteiger partial charge in [-0.05, 0) is 23.6 Å². The number of benzene rings is 1. The van der Waals surface area contributed by atoms with E-state index < -0.39 is 5.41 Å². The molecule has 2 heteroatoms. The lowest BCUT2D eigenvalue weighted by molar-refractivity contribution is 0.215. The van der Waals surface area contributed by atoms with Crippen LogP contribution < -0.4 is 0 Å². The lowest BCUT2D eigenvalue weighted by Crippen LogP contribution is -2.23. The normalized spacial score (nSPS) is 11.8.